The lowest BCUT2D eigenvalue weighted by Gasteiger charge is -2.20. The molecule has 7 nitrogen and oxygen atoms in total. The number of aromatic nitrogens is 3. The van der Waals surface area contributed by atoms with Crippen LogP contribution in [0.5, 0.6) is 0 Å². The zero-order valence-corrected chi connectivity index (χ0v) is 19.5. The minimum atomic E-state index is -0.281. The standard InChI is InChI=1S/C21H20Cl2N6OS/c1-13(28(2)3)20-26-27-21(29(20)17-8-6-15(22)7-9-17)31-12-19(30)25-18-10-16(23)5-4-14(18)11-24/h4-10,13H,12H2,1-3H3,(H,25,30)/t13-/m1/s1. The summed E-state index contributed by atoms with van der Waals surface area (Å²) in [4.78, 5) is 14.6. The number of carbonyl (C=O) groups excluding carboxylic acids is 1. The lowest BCUT2D eigenvalue weighted by atomic mass is 10.2. The monoisotopic (exact) mass is 474 g/mol. The highest BCUT2D eigenvalue weighted by Crippen LogP contribution is 2.28. The molecule has 3 aromatic rings. The second kappa shape index (κ2) is 10.2. The van der Waals surface area contributed by atoms with Crippen molar-refractivity contribution >= 4 is 46.6 Å². The van der Waals surface area contributed by atoms with Crippen molar-refractivity contribution in [3.05, 3.63) is 63.9 Å². The van der Waals surface area contributed by atoms with E-state index in [1.807, 2.05) is 48.7 Å². The van der Waals surface area contributed by atoms with Gasteiger partial charge in [0.2, 0.25) is 5.91 Å². The summed E-state index contributed by atoms with van der Waals surface area (Å²) in [7, 11) is 3.92. The van der Waals surface area contributed by atoms with Crippen molar-refractivity contribution in [2.75, 3.05) is 25.2 Å². The van der Waals surface area contributed by atoms with E-state index < -0.39 is 0 Å². The predicted molar refractivity (Wildman–Crippen MR) is 124 cm³/mol. The minimum absolute atomic E-state index is 0.00370. The Balaban J connectivity index is 1.83. The molecule has 0 aliphatic heterocycles. The first-order valence-corrected chi connectivity index (χ1v) is 11.0. The fourth-order valence-electron chi connectivity index (χ4n) is 2.74. The smallest absolute Gasteiger partial charge is 0.234 e. The van der Waals surface area contributed by atoms with Crippen LogP contribution < -0.4 is 5.32 Å². The Labute approximate surface area is 195 Å². The highest BCUT2D eigenvalue weighted by atomic mass is 35.5. The number of benzene rings is 2. The van der Waals surface area contributed by atoms with Gasteiger partial charge < -0.3 is 5.32 Å². The molecular formula is C21H20Cl2N6OS. The van der Waals surface area contributed by atoms with Crippen molar-refractivity contribution in [3.63, 3.8) is 0 Å². The average molecular weight is 475 g/mol. The summed E-state index contributed by atoms with van der Waals surface area (Å²) in [5, 5.41) is 22.3. The summed E-state index contributed by atoms with van der Waals surface area (Å²) in [6.45, 7) is 2.03. The fraction of sp³-hybridized carbons (Fsp3) is 0.238. The molecule has 0 radical (unpaired) electrons. The minimum Gasteiger partial charge on any atom is -0.324 e. The van der Waals surface area contributed by atoms with Gasteiger partial charge in [0, 0.05) is 15.7 Å². The zero-order chi connectivity index (χ0) is 22.5. The van der Waals surface area contributed by atoms with E-state index in [9.17, 15) is 10.1 Å². The predicted octanol–water partition coefficient (Wildman–Crippen LogP) is 4.80. The van der Waals surface area contributed by atoms with Gasteiger partial charge in [-0.05, 0) is 63.5 Å². The number of hydrogen-bond acceptors (Lipinski definition) is 6. The van der Waals surface area contributed by atoms with E-state index in [2.05, 4.69) is 15.5 Å². The molecule has 0 saturated carbocycles. The molecule has 2 aromatic carbocycles. The maximum Gasteiger partial charge on any atom is 0.234 e. The van der Waals surface area contributed by atoms with Crippen LogP contribution in [0.2, 0.25) is 10.0 Å². The van der Waals surface area contributed by atoms with Crippen molar-refractivity contribution in [2.24, 2.45) is 0 Å². The van der Waals surface area contributed by atoms with Gasteiger partial charge >= 0.3 is 0 Å². The lowest BCUT2D eigenvalue weighted by Crippen LogP contribution is -2.21. The van der Waals surface area contributed by atoms with Crippen LogP contribution in [0.1, 0.15) is 24.4 Å². The highest BCUT2D eigenvalue weighted by Gasteiger charge is 2.21. The second-order valence-electron chi connectivity index (χ2n) is 6.93. The summed E-state index contributed by atoms with van der Waals surface area (Å²) in [5.74, 6) is 0.549. The van der Waals surface area contributed by atoms with Crippen LogP contribution in [-0.4, -0.2) is 45.4 Å². The summed E-state index contributed by atoms with van der Waals surface area (Å²) in [6, 6.07) is 14.1. The van der Waals surface area contributed by atoms with E-state index in [0.29, 0.717) is 26.5 Å². The van der Waals surface area contributed by atoms with Gasteiger partial charge in [-0.15, -0.1) is 10.2 Å². The largest absolute Gasteiger partial charge is 0.324 e. The SMILES string of the molecule is C[C@H](c1nnc(SCC(=O)Nc2cc(Cl)ccc2C#N)n1-c1ccc(Cl)cc1)N(C)C. The summed E-state index contributed by atoms with van der Waals surface area (Å²) < 4.78 is 1.92. The summed E-state index contributed by atoms with van der Waals surface area (Å²) >= 11 is 13.3. The Bertz CT molecular complexity index is 1120. The molecule has 0 fully saturated rings. The van der Waals surface area contributed by atoms with Gasteiger partial charge in [0.25, 0.3) is 0 Å². The van der Waals surface area contributed by atoms with Gasteiger partial charge in [0.15, 0.2) is 11.0 Å². The molecule has 0 saturated heterocycles. The van der Waals surface area contributed by atoms with Gasteiger partial charge in [0.05, 0.1) is 23.0 Å². The Hall–Kier alpha value is -2.57. The Morgan fingerprint density at radius 3 is 2.52 bits per heavy atom. The Morgan fingerprint density at radius 1 is 1.19 bits per heavy atom. The van der Waals surface area contributed by atoms with E-state index in [4.69, 9.17) is 23.2 Å². The molecule has 1 heterocycles. The number of halogens is 2. The molecule has 160 valence electrons. The van der Waals surface area contributed by atoms with E-state index in [1.54, 1.807) is 30.3 Å². The molecule has 0 aliphatic rings. The summed E-state index contributed by atoms with van der Waals surface area (Å²) in [6.07, 6.45) is 0. The molecule has 0 spiro atoms. The number of amides is 1. The van der Waals surface area contributed by atoms with Crippen molar-refractivity contribution in [3.8, 4) is 11.8 Å². The first-order chi connectivity index (χ1) is 14.8. The molecule has 1 N–H and O–H groups in total. The number of hydrogen-bond donors (Lipinski definition) is 1. The maximum absolute atomic E-state index is 12.5. The van der Waals surface area contributed by atoms with Crippen LogP contribution in [0.15, 0.2) is 47.6 Å². The number of thioether (sulfide) groups is 1. The van der Waals surface area contributed by atoms with Gasteiger partial charge in [0.1, 0.15) is 6.07 Å². The van der Waals surface area contributed by atoms with Gasteiger partial charge in [-0.1, -0.05) is 35.0 Å². The number of rotatable bonds is 7. The third-order valence-electron chi connectivity index (χ3n) is 4.60. The Morgan fingerprint density at radius 2 is 1.87 bits per heavy atom. The van der Waals surface area contributed by atoms with Crippen LogP contribution in [-0.2, 0) is 4.79 Å². The van der Waals surface area contributed by atoms with Gasteiger partial charge in [-0.25, -0.2) is 0 Å². The molecule has 3 rings (SSSR count). The van der Waals surface area contributed by atoms with E-state index in [1.165, 1.54) is 11.8 Å². The number of nitriles is 1. The normalized spacial score (nSPS) is 11.9. The molecular weight excluding hydrogens is 455 g/mol. The number of nitrogens with one attached hydrogen (secondary N) is 1. The summed E-state index contributed by atoms with van der Waals surface area (Å²) in [5.41, 5.74) is 1.57. The van der Waals surface area contributed by atoms with Crippen molar-refractivity contribution < 1.29 is 4.79 Å². The first kappa shape index (κ1) is 23.1. The van der Waals surface area contributed by atoms with Crippen molar-refractivity contribution in [1.29, 1.82) is 5.26 Å². The zero-order valence-electron chi connectivity index (χ0n) is 17.1. The molecule has 0 aliphatic carbocycles. The molecule has 1 aromatic heterocycles. The van der Waals surface area contributed by atoms with Gasteiger partial charge in [-0.3, -0.25) is 14.3 Å². The molecule has 1 atom stereocenters. The van der Waals surface area contributed by atoms with Crippen LogP contribution >= 0.6 is 35.0 Å². The van der Waals surface area contributed by atoms with E-state index in [-0.39, 0.29) is 17.7 Å². The van der Waals surface area contributed by atoms with Crippen LogP contribution in [0, 0.1) is 11.3 Å². The maximum atomic E-state index is 12.5. The lowest BCUT2D eigenvalue weighted by molar-refractivity contribution is -0.113. The molecule has 31 heavy (non-hydrogen) atoms. The fourth-order valence-corrected chi connectivity index (χ4v) is 3.80. The topological polar surface area (TPSA) is 86.8 Å². The first-order valence-electron chi connectivity index (χ1n) is 9.30. The van der Waals surface area contributed by atoms with E-state index >= 15 is 0 Å². The number of carbonyl (C=O) groups is 1. The second-order valence-corrected chi connectivity index (χ2v) is 8.75. The molecule has 1 amide bonds. The van der Waals surface area contributed by atoms with Crippen LogP contribution in [0.4, 0.5) is 5.69 Å². The molecule has 0 unspecified atom stereocenters. The van der Waals surface area contributed by atoms with Crippen molar-refractivity contribution in [2.45, 2.75) is 18.1 Å². The highest BCUT2D eigenvalue weighted by molar-refractivity contribution is 7.99. The molecule has 0 bridgehead atoms. The third-order valence-corrected chi connectivity index (χ3v) is 6.02. The molecule has 10 heteroatoms. The van der Waals surface area contributed by atoms with Gasteiger partial charge in [-0.2, -0.15) is 5.26 Å². The Kier molecular flexibility index (Phi) is 7.57. The quantitative estimate of drug-likeness (QED) is 0.494. The average Bonchev–Trinajstić information content (AvgIpc) is 3.16. The van der Waals surface area contributed by atoms with Crippen LogP contribution in [0.3, 0.4) is 0 Å². The van der Waals surface area contributed by atoms with Crippen molar-refractivity contribution in [1.82, 2.24) is 19.7 Å². The van der Waals surface area contributed by atoms with E-state index in [0.717, 1.165) is 11.5 Å². The van der Waals surface area contributed by atoms with Crippen LogP contribution in [0.25, 0.3) is 5.69 Å². The third kappa shape index (κ3) is 5.57. The number of nitrogens with zero attached hydrogens (tertiary/aromatic N) is 5. The number of anilines is 1.